The normalized spacial score (nSPS) is 11.9. The second-order valence-corrected chi connectivity index (χ2v) is 4.40. The molecule has 0 bridgehead atoms. The Morgan fingerprint density at radius 2 is 2.21 bits per heavy atom. The third kappa shape index (κ3) is 3.92. The second-order valence-electron chi connectivity index (χ2n) is 4.40. The smallest absolute Gasteiger partial charge is 0.282 e. The lowest BCUT2D eigenvalue weighted by Crippen LogP contribution is -2.30. The molecule has 1 unspecified atom stereocenters. The lowest BCUT2D eigenvalue weighted by atomic mass is 10.1. The largest absolute Gasteiger partial charge is 0.399 e. The Labute approximate surface area is 110 Å². The number of nitrogens with two attached hydrogens (primary N) is 1. The molecule has 0 aliphatic rings. The van der Waals surface area contributed by atoms with Crippen molar-refractivity contribution in [3.05, 3.63) is 33.9 Å². The van der Waals surface area contributed by atoms with Crippen LogP contribution in [0, 0.1) is 10.1 Å². The molecule has 1 aromatic rings. The van der Waals surface area contributed by atoms with E-state index >= 15 is 0 Å². The first kappa shape index (κ1) is 14.9. The van der Waals surface area contributed by atoms with Crippen LogP contribution in [0.5, 0.6) is 0 Å². The minimum atomic E-state index is -0.616. The number of hydrogen-bond donors (Lipinski definition) is 2. The molecule has 0 heterocycles. The lowest BCUT2D eigenvalue weighted by Gasteiger charge is -2.18. The maximum absolute atomic E-state index is 12.1. The summed E-state index contributed by atoms with van der Waals surface area (Å²) in [4.78, 5) is 23.7. The summed E-state index contributed by atoms with van der Waals surface area (Å²) in [7, 11) is 1.53. The Morgan fingerprint density at radius 1 is 1.58 bits per heavy atom. The van der Waals surface area contributed by atoms with Gasteiger partial charge in [0.15, 0.2) is 0 Å². The average Bonchev–Trinajstić information content (AvgIpc) is 2.34. The molecule has 104 valence electrons. The summed E-state index contributed by atoms with van der Waals surface area (Å²) in [5, 5.41) is 20.1. The van der Waals surface area contributed by atoms with Crippen molar-refractivity contribution in [1.82, 2.24) is 4.90 Å². The fourth-order valence-electron chi connectivity index (χ4n) is 1.57. The fourth-order valence-corrected chi connectivity index (χ4v) is 1.57. The topological polar surface area (TPSA) is 110 Å². The van der Waals surface area contributed by atoms with Crippen LogP contribution < -0.4 is 5.73 Å². The summed E-state index contributed by atoms with van der Waals surface area (Å²) >= 11 is 0. The van der Waals surface area contributed by atoms with E-state index in [1.165, 1.54) is 30.1 Å². The van der Waals surface area contributed by atoms with Crippen molar-refractivity contribution in [2.75, 3.05) is 19.3 Å². The number of nitro groups is 1. The van der Waals surface area contributed by atoms with E-state index in [9.17, 15) is 20.0 Å². The number of aliphatic hydroxyl groups is 1. The number of carbonyl (C=O) groups excluding carboxylic acids is 1. The Bertz CT molecular complexity index is 488. The van der Waals surface area contributed by atoms with Crippen molar-refractivity contribution >= 4 is 17.3 Å². The first-order valence-corrected chi connectivity index (χ1v) is 5.80. The first-order valence-electron chi connectivity index (χ1n) is 5.80. The van der Waals surface area contributed by atoms with Crippen LogP contribution in [0.15, 0.2) is 18.2 Å². The van der Waals surface area contributed by atoms with Gasteiger partial charge in [0, 0.05) is 25.3 Å². The molecule has 0 saturated heterocycles. The van der Waals surface area contributed by atoms with E-state index in [0.29, 0.717) is 13.0 Å². The maximum atomic E-state index is 12.1. The number of nitro benzene ring substituents is 1. The molecule has 0 aromatic heterocycles. The van der Waals surface area contributed by atoms with E-state index in [1.807, 2.05) is 0 Å². The van der Waals surface area contributed by atoms with Gasteiger partial charge < -0.3 is 15.7 Å². The monoisotopic (exact) mass is 267 g/mol. The molecule has 0 saturated carbocycles. The standard InChI is InChI=1S/C12H17N3O4/c1-8(16)5-6-14(2)12(17)10-7-9(13)3-4-11(10)15(18)19/h3-4,7-8,16H,5-6,13H2,1-2H3. The summed E-state index contributed by atoms with van der Waals surface area (Å²) in [6.07, 6.45) is -0.135. The van der Waals surface area contributed by atoms with Crippen LogP contribution in [0.2, 0.25) is 0 Å². The van der Waals surface area contributed by atoms with Gasteiger partial charge in [-0.15, -0.1) is 0 Å². The molecule has 0 spiro atoms. The average molecular weight is 267 g/mol. The van der Waals surface area contributed by atoms with Gasteiger partial charge in [-0.3, -0.25) is 14.9 Å². The van der Waals surface area contributed by atoms with Gasteiger partial charge in [-0.05, 0) is 25.5 Å². The summed E-state index contributed by atoms with van der Waals surface area (Å²) in [5.74, 6) is -0.486. The highest BCUT2D eigenvalue weighted by Crippen LogP contribution is 2.22. The zero-order valence-electron chi connectivity index (χ0n) is 10.9. The number of nitrogen functional groups attached to an aromatic ring is 1. The quantitative estimate of drug-likeness (QED) is 0.470. The molecular weight excluding hydrogens is 250 g/mol. The first-order chi connectivity index (χ1) is 8.82. The number of amides is 1. The Balaban J connectivity index is 2.98. The number of nitrogens with zero attached hydrogens (tertiary/aromatic N) is 2. The van der Waals surface area contributed by atoms with E-state index in [-0.39, 0.29) is 16.9 Å². The Hall–Kier alpha value is -2.15. The fraction of sp³-hybridized carbons (Fsp3) is 0.417. The van der Waals surface area contributed by atoms with E-state index in [0.717, 1.165) is 0 Å². The number of anilines is 1. The highest BCUT2D eigenvalue weighted by atomic mass is 16.6. The SMILES string of the molecule is CC(O)CCN(C)C(=O)c1cc(N)ccc1[N+](=O)[O-]. The van der Waals surface area contributed by atoms with Crippen molar-refractivity contribution in [3.8, 4) is 0 Å². The van der Waals surface area contributed by atoms with Gasteiger partial charge in [0.2, 0.25) is 0 Å². The molecule has 7 nitrogen and oxygen atoms in total. The molecule has 0 aliphatic heterocycles. The predicted octanol–water partition coefficient (Wildman–Crippen LogP) is 1.02. The molecule has 0 fully saturated rings. The molecule has 3 N–H and O–H groups in total. The van der Waals surface area contributed by atoms with Crippen LogP contribution in [-0.2, 0) is 0 Å². The second kappa shape index (κ2) is 6.14. The van der Waals surface area contributed by atoms with Gasteiger partial charge in [0.1, 0.15) is 5.56 Å². The molecular formula is C12H17N3O4. The molecule has 1 rings (SSSR count). The van der Waals surface area contributed by atoms with Crippen LogP contribution in [0.25, 0.3) is 0 Å². The number of hydrogen-bond acceptors (Lipinski definition) is 5. The summed E-state index contributed by atoms with van der Waals surface area (Å²) in [5.41, 5.74) is 5.53. The van der Waals surface area contributed by atoms with Crippen LogP contribution in [0.3, 0.4) is 0 Å². The summed E-state index contributed by atoms with van der Waals surface area (Å²) in [6, 6.07) is 3.88. The van der Waals surface area contributed by atoms with Crippen LogP contribution in [-0.4, -0.2) is 40.5 Å². The summed E-state index contributed by atoms with van der Waals surface area (Å²) < 4.78 is 0. The number of rotatable bonds is 5. The van der Waals surface area contributed by atoms with E-state index in [2.05, 4.69) is 0 Å². The zero-order chi connectivity index (χ0) is 14.6. The molecule has 1 amide bonds. The van der Waals surface area contributed by atoms with Gasteiger partial charge in [-0.1, -0.05) is 0 Å². The Kier molecular flexibility index (Phi) is 4.82. The minimum Gasteiger partial charge on any atom is -0.399 e. The summed E-state index contributed by atoms with van der Waals surface area (Å²) in [6.45, 7) is 1.92. The highest BCUT2D eigenvalue weighted by molar-refractivity contribution is 5.98. The molecule has 0 radical (unpaired) electrons. The van der Waals surface area contributed by atoms with E-state index < -0.39 is 16.9 Å². The van der Waals surface area contributed by atoms with Gasteiger partial charge in [-0.25, -0.2) is 0 Å². The van der Waals surface area contributed by atoms with Crippen molar-refractivity contribution in [2.45, 2.75) is 19.4 Å². The molecule has 1 atom stereocenters. The van der Waals surface area contributed by atoms with Crippen LogP contribution in [0.1, 0.15) is 23.7 Å². The van der Waals surface area contributed by atoms with Gasteiger partial charge >= 0.3 is 0 Å². The number of carbonyl (C=O) groups is 1. The molecule has 1 aromatic carbocycles. The van der Waals surface area contributed by atoms with Gasteiger partial charge in [0.25, 0.3) is 11.6 Å². The molecule has 19 heavy (non-hydrogen) atoms. The van der Waals surface area contributed by atoms with Crippen molar-refractivity contribution in [2.24, 2.45) is 0 Å². The molecule has 0 aliphatic carbocycles. The Morgan fingerprint density at radius 3 is 2.74 bits per heavy atom. The number of benzene rings is 1. The van der Waals surface area contributed by atoms with Crippen molar-refractivity contribution < 1.29 is 14.8 Å². The van der Waals surface area contributed by atoms with Gasteiger partial charge in [-0.2, -0.15) is 0 Å². The maximum Gasteiger partial charge on any atom is 0.282 e. The zero-order valence-corrected chi connectivity index (χ0v) is 10.9. The predicted molar refractivity (Wildman–Crippen MR) is 70.8 cm³/mol. The van der Waals surface area contributed by atoms with Crippen LogP contribution >= 0.6 is 0 Å². The van der Waals surface area contributed by atoms with Crippen LogP contribution in [0.4, 0.5) is 11.4 Å². The highest BCUT2D eigenvalue weighted by Gasteiger charge is 2.23. The lowest BCUT2D eigenvalue weighted by molar-refractivity contribution is -0.385. The third-order valence-corrected chi connectivity index (χ3v) is 2.68. The molecule has 7 heteroatoms. The number of aliphatic hydroxyl groups excluding tert-OH is 1. The minimum absolute atomic E-state index is 0.0434. The van der Waals surface area contributed by atoms with Crippen molar-refractivity contribution in [3.63, 3.8) is 0 Å². The van der Waals surface area contributed by atoms with Crippen molar-refractivity contribution in [1.29, 1.82) is 0 Å². The third-order valence-electron chi connectivity index (χ3n) is 2.68. The van der Waals surface area contributed by atoms with Gasteiger partial charge in [0.05, 0.1) is 11.0 Å². The van der Waals surface area contributed by atoms with E-state index in [4.69, 9.17) is 5.73 Å². The van der Waals surface area contributed by atoms with E-state index in [1.54, 1.807) is 6.92 Å².